The lowest BCUT2D eigenvalue weighted by Gasteiger charge is -2.13. The molecule has 0 atom stereocenters. The first-order chi connectivity index (χ1) is 7.25. The van der Waals surface area contributed by atoms with Gasteiger partial charge in [0.1, 0.15) is 5.75 Å². The van der Waals surface area contributed by atoms with Gasteiger partial charge in [0.2, 0.25) is 0 Å². The van der Waals surface area contributed by atoms with Gasteiger partial charge in [0.15, 0.2) is 0 Å². The van der Waals surface area contributed by atoms with Gasteiger partial charge in [0, 0.05) is 0 Å². The van der Waals surface area contributed by atoms with Gasteiger partial charge in [-0.05, 0) is 36.1 Å². The Bertz CT molecular complexity index is 284. The van der Waals surface area contributed by atoms with Crippen LogP contribution in [0.25, 0.3) is 0 Å². The fourth-order valence-electron chi connectivity index (χ4n) is 1.48. The lowest BCUT2D eigenvalue weighted by molar-refractivity contribution is 0.305. The van der Waals surface area contributed by atoms with Crippen LogP contribution in [0.1, 0.15) is 38.2 Å². The molecule has 84 valence electrons. The Hall–Kier alpha value is -0.630. The Kier molecular flexibility index (Phi) is 5.62. The topological polar surface area (TPSA) is 9.23 Å². The Morgan fingerprint density at radius 1 is 1.20 bits per heavy atom. The van der Waals surface area contributed by atoms with E-state index in [1.807, 2.05) is 6.07 Å². The summed E-state index contributed by atoms with van der Waals surface area (Å²) >= 11 is 4.18. The van der Waals surface area contributed by atoms with Crippen molar-refractivity contribution in [3.8, 4) is 5.75 Å². The monoisotopic (exact) mass is 224 g/mol. The first-order valence-electron chi connectivity index (χ1n) is 5.58. The standard InChI is InChI=1S/C13H20OS/c1-11(2)12-7-3-4-8-13(12)14-9-5-6-10-15/h3-4,7-8,11,15H,5-6,9-10H2,1-2H3. The first kappa shape index (κ1) is 12.4. The zero-order chi connectivity index (χ0) is 11.1. The Labute approximate surface area is 98.3 Å². The lowest BCUT2D eigenvalue weighted by atomic mass is 10.0. The van der Waals surface area contributed by atoms with E-state index in [0.29, 0.717) is 5.92 Å². The van der Waals surface area contributed by atoms with Crippen molar-refractivity contribution in [2.24, 2.45) is 0 Å². The number of ether oxygens (including phenoxy) is 1. The van der Waals surface area contributed by atoms with E-state index in [-0.39, 0.29) is 0 Å². The normalized spacial score (nSPS) is 10.7. The van der Waals surface area contributed by atoms with Gasteiger partial charge in [-0.2, -0.15) is 12.6 Å². The summed E-state index contributed by atoms with van der Waals surface area (Å²) in [5, 5.41) is 0. The van der Waals surface area contributed by atoms with Crippen molar-refractivity contribution in [2.45, 2.75) is 32.6 Å². The van der Waals surface area contributed by atoms with Gasteiger partial charge in [0.25, 0.3) is 0 Å². The maximum Gasteiger partial charge on any atom is 0.122 e. The molecule has 0 heterocycles. The van der Waals surface area contributed by atoms with Crippen LogP contribution in [0.4, 0.5) is 0 Å². The molecule has 0 aliphatic rings. The molecule has 0 radical (unpaired) electrons. The predicted octanol–water partition coefficient (Wildman–Crippen LogP) is 3.90. The predicted molar refractivity (Wildman–Crippen MR) is 69.1 cm³/mol. The molecule has 0 aliphatic heterocycles. The molecule has 1 aromatic carbocycles. The van der Waals surface area contributed by atoms with E-state index in [2.05, 4.69) is 44.7 Å². The van der Waals surface area contributed by atoms with E-state index < -0.39 is 0 Å². The highest BCUT2D eigenvalue weighted by Crippen LogP contribution is 2.25. The summed E-state index contributed by atoms with van der Waals surface area (Å²) in [6.07, 6.45) is 2.20. The second-order valence-electron chi connectivity index (χ2n) is 3.97. The van der Waals surface area contributed by atoms with Gasteiger partial charge in [-0.1, -0.05) is 32.0 Å². The van der Waals surface area contributed by atoms with Crippen LogP contribution in [0.3, 0.4) is 0 Å². The van der Waals surface area contributed by atoms with Gasteiger partial charge in [-0.25, -0.2) is 0 Å². The van der Waals surface area contributed by atoms with E-state index in [1.165, 1.54) is 5.56 Å². The molecule has 0 spiro atoms. The highest BCUT2D eigenvalue weighted by molar-refractivity contribution is 7.80. The molecule has 1 nitrogen and oxygen atoms in total. The number of para-hydroxylation sites is 1. The van der Waals surface area contributed by atoms with Gasteiger partial charge in [-0.15, -0.1) is 0 Å². The molecule has 0 saturated carbocycles. The number of hydrogen-bond donors (Lipinski definition) is 1. The summed E-state index contributed by atoms with van der Waals surface area (Å²) < 4.78 is 5.77. The van der Waals surface area contributed by atoms with Crippen LogP contribution in [0, 0.1) is 0 Å². The molecule has 1 rings (SSSR count). The third-order valence-electron chi connectivity index (χ3n) is 2.35. The van der Waals surface area contributed by atoms with Crippen LogP contribution in [0.2, 0.25) is 0 Å². The number of hydrogen-bond acceptors (Lipinski definition) is 2. The summed E-state index contributed by atoms with van der Waals surface area (Å²) in [6, 6.07) is 8.28. The zero-order valence-corrected chi connectivity index (χ0v) is 10.5. The summed E-state index contributed by atoms with van der Waals surface area (Å²) in [6.45, 7) is 5.18. The van der Waals surface area contributed by atoms with Crippen molar-refractivity contribution < 1.29 is 4.74 Å². The molecule has 0 bridgehead atoms. The van der Waals surface area contributed by atoms with Gasteiger partial charge in [0.05, 0.1) is 6.61 Å². The fraction of sp³-hybridized carbons (Fsp3) is 0.538. The lowest BCUT2D eigenvalue weighted by Crippen LogP contribution is -2.01. The van der Waals surface area contributed by atoms with Gasteiger partial charge in [-0.3, -0.25) is 0 Å². The average Bonchev–Trinajstić information content (AvgIpc) is 2.25. The van der Waals surface area contributed by atoms with E-state index in [4.69, 9.17) is 4.74 Å². The van der Waals surface area contributed by atoms with Crippen LogP contribution in [0.15, 0.2) is 24.3 Å². The number of thiol groups is 1. The molecule has 0 fully saturated rings. The molecule has 2 heteroatoms. The van der Waals surface area contributed by atoms with Crippen molar-refractivity contribution in [2.75, 3.05) is 12.4 Å². The molecule has 0 N–H and O–H groups in total. The summed E-state index contributed by atoms with van der Waals surface area (Å²) in [5.41, 5.74) is 1.29. The average molecular weight is 224 g/mol. The number of unbranched alkanes of at least 4 members (excludes halogenated alkanes) is 1. The molecule has 0 aromatic heterocycles. The molecule has 1 aromatic rings. The first-order valence-corrected chi connectivity index (χ1v) is 6.21. The van der Waals surface area contributed by atoms with Crippen LogP contribution < -0.4 is 4.74 Å². The fourth-order valence-corrected chi connectivity index (χ4v) is 1.71. The smallest absolute Gasteiger partial charge is 0.122 e. The second kappa shape index (κ2) is 6.78. The number of benzene rings is 1. The Morgan fingerprint density at radius 2 is 1.93 bits per heavy atom. The third-order valence-corrected chi connectivity index (χ3v) is 2.67. The van der Waals surface area contributed by atoms with Crippen molar-refractivity contribution in [1.82, 2.24) is 0 Å². The van der Waals surface area contributed by atoms with E-state index >= 15 is 0 Å². The van der Waals surface area contributed by atoms with E-state index in [0.717, 1.165) is 31.0 Å². The van der Waals surface area contributed by atoms with Crippen molar-refractivity contribution in [3.63, 3.8) is 0 Å². The maximum absolute atomic E-state index is 5.77. The summed E-state index contributed by atoms with van der Waals surface area (Å²) in [5.74, 6) is 2.49. The minimum absolute atomic E-state index is 0.520. The van der Waals surface area contributed by atoms with Crippen molar-refractivity contribution in [3.05, 3.63) is 29.8 Å². The molecular weight excluding hydrogens is 204 g/mol. The highest BCUT2D eigenvalue weighted by atomic mass is 32.1. The molecule has 0 unspecified atom stereocenters. The quantitative estimate of drug-likeness (QED) is 0.569. The largest absolute Gasteiger partial charge is 0.493 e. The van der Waals surface area contributed by atoms with Crippen LogP contribution in [-0.4, -0.2) is 12.4 Å². The molecule has 0 amide bonds. The van der Waals surface area contributed by atoms with Gasteiger partial charge < -0.3 is 4.74 Å². The van der Waals surface area contributed by atoms with Crippen LogP contribution in [-0.2, 0) is 0 Å². The van der Waals surface area contributed by atoms with E-state index in [9.17, 15) is 0 Å². The zero-order valence-electron chi connectivity index (χ0n) is 9.57. The van der Waals surface area contributed by atoms with E-state index in [1.54, 1.807) is 0 Å². The minimum Gasteiger partial charge on any atom is -0.493 e. The summed E-state index contributed by atoms with van der Waals surface area (Å²) in [7, 11) is 0. The second-order valence-corrected chi connectivity index (χ2v) is 4.42. The Balaban J connectivity index is 2.52. The number of rotatable bonds is 6. The Morgan fingerprint density at radius 3 is 2.60 bits per heavy atom. The summed E-state index contributed by atoms with van der Waals surface area (Å²) in [4.78, 5) is 0. The van der Waals surface area contributed by atoms with Crippen molar-refractivity contribution in [1.29, 1.82) is 0 Å². The molecule has 0 saturated heterocycles. The van der Waals surface area contributed by atoms with Crippen LogP contribution in [0.5, 0.6) is 5.75 Å². The maximum atomic E-state index is 5.77. The van der Waals surface area contributed by atoms with Crippen LogP contribution >= 0.6 is 12.6 Å². The minimum atomic E-state index is 0.520. The molecule has 0 aliphatic carbocycles. The SMILES string of the molecule is CC(C)c1ccccc1OCCCCS. The molecule has 15 heavy (non-hydrogen) atoms. The van der Waals surface area contributed by atoms with Crippen molar-refractivity contribution >= 4 is 12.6 Å². The highest BCUT2D eigenvalue weighted by Gasteiger charge is 2.05. The van der Waals surface area contributed by atoms with Gasteiger partial charge >= 0.3 is 0 Å². The molecular formula is C13H20OS. The third kappa shape index (κ3) is 4.17.